The molecule has 8 nitrogen and oxygen atoms in total. The number of aromatic nitrogens is 2. The number of carbonyl (C=O) groups excluding carboxylic acids is 1. The molecule has 0 aliphatic rings. The van der Waals surface area contributed by atoms with Crippen LogP contribution in [-0.4, -0.2) is 34.4 Å². The van der Waals surface area contributed by atoms with Crippen molar-refractivity contribution in [3.8, 4) is 11.5 Å². The van der Waals surface area contributed by atoms with E-state index in [1.807, 2.05) is 39.0 Å². The highest BCUT2D eigenvalue weighted by atomic mass is 16.6. The van der Waals surface area contributed by atoms with Crippen LogP contribution in [0.25, 0.3) is 11.5 Å². The van der Waals surface area contributed by atoms with Gasteiger partial charge in [0.05, 0.1) is 16.9 Å². The number of para-hydroxylation sites is 1. The van der Waals surface area contributed by atoms with Gasteiger partial charge in [-0.25, -0.2) is 4.79 Å². The first-order valence-corrected chi connectivity index (χ1v) is 9.58. The molecule has 0 aliphatic carbocycles. The minimum Gasteiger partial charge on any atom is -0.444 e. The Morgan fingerprint density at radius 3 is 2.71 bits per heavy atom. The van der Waals surface area contributed by atoms with E-state index in [2.05, 4.69) is 27.7 Å². The molecule has 0 fully saturated rings. The van der Waals surface area contributed by atoms with E-state index in [1.165, 1.54) is 0 Å². The fourth-order valence-corrected chi connectivity index (χ4v) is 2.71. The van der Waals surface area contributed by atoms with Crippen LogP contribution in [0.4, 0.5) is 16.2 Å². The Morgan fingerprint density at radius 2 is 2.07 bits per heavy atom. The molecule has 1 heterocycles. The van der Waals surface area contributed by atoms with Gasteiger partial charge in [0.25, 0.3) is 5.89 Å². The van der Waals surface area contributed by atoms with Gasteiger partial charge >= 0.3 is 6.09 Å². The zero-order valence-corrected chi connectivity index (χ0v) is 17.3. The number of amides is 1. The lowest BCUT2D eigenvalue weighted by atomic mass is 10.1. The molecule has 1 aromatic heterocycles. The number of aryl methyl sites for hydroxylation is 1. The number of nitrogens with two attached hydrogens (primary N) is 1. The van der Waals surface area contributed by atoms with Gasteiger partial charge in [0.1, 0.15) is 5.60 Å². The van der Waals surface area contributed by atoms with Crippen molar-refractivity contribution in [1.82, 2.24) is 15.5 Å². The number of ether oxygens (including phenoxy) is 1. The predicted molar refractivity (Wildman–Crippen MR) is 110 cm³/mol. The molecular formula is C20H31N5O3. The maximum Gasteiger partial charge on any atom is 0.407 e. The average molecular weight is 390 g/mol. The Hall–Kier alpha value is -2.77. The summed E-state index contributed by atoms with van der Waals surface area (Å²) in [5, 5.41) is 10.1. The summed E-state index contributed by atoms with van der Waals surface area (Å²) in [7, 11) is 0. The predicted octanol–water partition coefficient (Wildman–Crippen LogP) is 4.12. The van der Waals surface area contributed by atoms with Gasteiger partial charge in [0.15, 0.2) is 5.82 Å². The van der Waals surface area contributed by atoms with E-state index in [4.69, 9.17) is 15.0 Å². The lowest BCUT2D eigenvalue weighted by Gasteiger charge is -2.20. The summed E-state index contributed by atoms with van der Waals surface area (Å²) in [6.07, 6.45) is 2.36. The first-order valence-electron chi connectivity index (χ1n) is 9.58. The van der Waals surface area contributed by atoms with Gasteiger partial charge in [-0.1, -0.05) is 11.2 Å². The normalized spacial score (nSPS) is 12.5. The number of unbranched alkanes of at least 4 members (excludes halogenated alkanes) is 1. The molecule has 28 heavy (non-hydrogen) atoms. The number of nitrogens with zero attached hydrogens (tertiary/aromatic N) is 2. The second kappa shape index (κ2) is 9.43. The van der Waals surface area contributed by atoms with E-state index >= 15 is 0 Å². The molecule has 2 aromatic rings. The molecule has 1 amide bonds. The number of carbonyl (C=O) groups is 1. The van der Waals surface area contributed by atoms with Crippen molar-refractivity contribution in [1.29, 1.82) is 0 Å². The largest absolute Gasteiger partial charge is 0.444 e. The van der Waals surface area contributed by atoms with Crippen molar-refractivity contribution in [2.75, 3.05) is 17.6 Å². The van der Waals surface area contributed by atoms with Crippen molar-refractivity contribution in [2.45, 2.75) is 65.5 Å². The van der Waals surface area contributed by atoms with Gasteiger partial charge in [0.2, 0.25) is 0 Å². The third kappa shape index (κ3) is 6.75. The monoisotopic (exact) mass is 389 g/mol. The van der Waals surface area contributed by atoms with E-state index in [0.29, 0.717) is 23.9 Å². The summed E-state index contributed by atoms with van der Waals surface area (Å²) in [4.78, 5) is 15.9. The van der Waals surface area contributed by atoms with Gasteiger partial charge in [-0.3, -0.25) is 0 Å². The van der Waals surface area contributed by atoms with Gasteiger partial charge < -0.3 is 25.6 Å². The summed E-state index contributed by atoms with van der Waals surface area (Å²) >= 11 is 0. The Bertz CT molecular complexity index is 782. The number of rotatable bonds is 8. The Balaban J connectivity index is 1.82. The minimum atomic E-state index is -0.479. The Morgan fingerprint density at radius 1 is 1.32 bits per heavy atom. The smallest absolute Gasteiger partial charge is 0.407 e. The quantitative estimate of drug-likeness (QED) is 0.459. The van der Waals surface area contributed by atoms with Crippen molar-refractivity contribution < 1.29 is 14.1 Å². The average Bonchev–Trinajstić information content (AvgIpc) is 3.01. The summed E-state index contributed by atoms with van der Waals surface area (Å²) in [6.45, 7) is 10.00. The van der Waals surface area contributed by atoms with Crippen LogP contribution in [0.5, 0.6) is 0 Å². The molecule has 0 radical (unpaired) electrons. The molecular weight excluding hydrogens is 358 g/mol. The SMILES string of the molecule is Cc1noc(-c2cccc(N)c2N[C@@H](C)CCCCNC(=O)OC(C)(C)C)n1. The molecule has 0 aliphatic heterocycles. The Labute approximate surface area is 166 Å². The van der Waals surface area contributed by atoms with Gasteiger partial charge in [0, 0.05) is 12.6 Å². The molecule has 0 bridgehead atoms. The molecule has 1 atom stereocenters. The van der Waals surface area contributed by atoms with Gasteiger partial charge in [-0.15, -0.1) is 0 Å². The number of benzene rings is 1. The summed E-state index contributed by atoms with van der Waals surface area (Å²) in [5.41, 5.74) is 7.90. The molecule has 0 saturated carbocycles. The van der Waals surface area contributed by atoms with Gasteiger partial charge in [-0.05, 0) is 66.0 Å². The molecule has 1 aromatic carbocycles. The molecule has 8 heteroatoms. The topological polar surface area (TPSA) is 115 Å². The van der Waals surface area contributed by atoms with E-state index in [9.17, 15) is 4.79 Å². The van der Waals surface area contributed by atoms with Gasteiger partial charge in [-0.2, -0.15) is 4.98 Å². The maximum absolute atomic E-state index is 11.6. The number of anilines is 2. The summed E-state index contributed by atoms with van der Waals surface area (Å²) < 4.78 is 10.5. The maximum atomic E-state index is 11.6. The van der Waals surface area contributed by atoms with Crippen LogP contribution in [0.2, 0.25) is 0 Å². The summed E-state index contributed by atoms with van der Waals surface area (Å²) in [5.74, 6) is 1.02. The van der Waals surface area contributed by atoms with E-state index in [1.54, 1.807) is 6.92 Å². The van der Waals surface area contributed by atoms with E-state index in [0.717, 1.165) is 30.5 Å². The lowest BCUT2D eigenvalue weighted by molar-refractivity contribution is 0.0527. The second-order valence-corrected chi connectivity index (χ2v) is 7.89. The fourth-order valence-electron chi connectivity index (χ4n) is 2.71. The third-order valence-corrected chi connectivity index (χ3v) is 3.98. The zero-order valence-electron chi connectivity index (χ0n) is 17.3. The fraction of sp³-hybridized carbons (Fsp3) is 0.550. The highest BCUT2D eigenvalue weighted by molar-refractivity contribution is 5.83. The Kier molecular flexibility index (Phi) is 7.25. The van der Waals surface area contributed by atoms with Crippen LogP contribution in [0.15, 0.2) is 22.7 Å². The number of alkyl carbamates (subject to hydrolysis) is 1. The van der Waals surface area contributed by atoms with Crippen LogP contribution >= 0.6 is 0 Å². The van der Waals surface area contributed by atoms with Crippen molar-refractivity contribution in [3.05, 3.63) is 24.0 Å². The standard InChI is InChI=1S/C20H31N5O3/c1-13(9-6-7-12-22-19(26)27-20(3,4)5)23-17-15(10-8-11-16(17)21)18-24-14(2)25-28-18/h8,10-11,13,23H,6-7,9,12,21H2,1-5H3,(H,22,26)/t13-/m0/s1. The lowest BCUT2D eigenvalue weighted by Crippen LogP contribution is -2.33. The van der Waals surface area contributed by atoms with Crippen LogP contribution in [-0.2, 0) is 4.74 Å². The minimum absolute atomic E-state index is 0.189. The van der Waals surface area contributed by atoms with Crippen molar-refractivity contribution >= 4 is 17.5 Å². The first kappa shape index (κ1) is 21.5. The molecule has 0 spiro atoms. The number of hydrogen-bond acceptors (Lipinski definition) is 7. The molecule has 4 N–H and O–H groups in total. The highest BCUT2D eigenvalue weighted by Gasteiger charge is 2.17. The van der Waals surface area contributed by atoms with Crippen LogP contribution in [0.1, 0.15) is 52.8 Å². The third-order valence-electron chi connectivity index (χ3n) is 3.98. The van der Waals surface area contributed by atoms with Crippen LogP contribution in [0.3, 0.4) is 0 Å². The van der Waals surface area contributed by atoms with Crippen LogP contribution < -0.4 is 16.4 Å². The summed E-state index contributed by atoms with van der Waals surface area (Å²) in [6, 6.07) is 5.80. The van der Waals surface area contributed by atoms with E-state index in [-0.39, 0.29) is 12.1 Å². The molecule has 2 rings (SSSR count). The molecule has 0 unspecified atom stereocenters. The number of hydrogen-bond donors (Lipinski definition) is 3. The van der Waals surface area contributed by atoms with Crippen molar-refractivity contribution in [3.63, 3.8) is 0 Å². The molecule has 0 saturated heterocycles. The van der Waals surface area contributed by atoms with Crippen molar-refractivity contribution in [2.24, 2.45) is 0 Å². The number of nitrogens with one attached hydrogen (secondary N) is 2. The second-order valence-electron chi connectivity index (χ2n) is 7.89. The van der Waals surface area contributed by atoms with E-state index < -0.39 is 5.60 Å². The first-order chi connectivity index (χ1) is 13.2. The number of nitrogen functional groups attached to an aromatic ring is 1. The molecule has 154 valence electrons. The zero-order chi connectivity index (χ0) is 20.7. The van der Waals surface area contributed by atoms with Crippen LogP contribution in [0, 0.1) is 6.92 Å². The highest BCUT2D eigenvalue weighted by Crippen LogP contribution is 2.32.